The Morgan fingerprint density at radius 2 is 2.35 bits per heavy atom. The SMILES string of the molecule is CCCNCc1cnccc1OCCC1CC1. The highest BCUT2D eigenvalue weighted by Gasteiger charge is 2.20. The van der Waals surface area contributed by atoms with Crippen molar-refractivity contribution < 1.29 is 4.74 Å². The van der Waals surface area contributed by atoms with Gasteiger partial charge in [0.15, 0.2) is 0 Å². The van der Waals surface area contributed by atoms with Crippen molar-refractivity contribution in [2.45, 2.75) is 39.2 Å². The number of nitrogens with one attached hydrogen (secondary N) is 1. The van der Waals surface area contributed by atoms with Gasteiger partial charge in [-0.3, -0.25) is 4.98 Å². The standard InChI is InChI=1S/C14H22N2O/c1-2-7-15-10-13-11-16-8-5-14(13)17-9-6-12-3-4-12/h5,8,11-12,15H,2-4,6-7,9-10H2,1H3. The van der Waals surface area contributed by atoms with Crippen molar-refractivity contribution in [2.75, 3.05) is 13.2 Å². The topological polar surface area (TPSA) is 34.2 Å². The predicted octanol–water partition coefficient (Wildman–Crippen LogP) is 2.76. The summed E-state index contributed by atoms with van der Waals surface area (Å²) >= 11 is 0. The number of ether oxygens (including phenoxy) is 1. The minimum absolute atomic E-state index is 0.843. The molecule has 1 saturated carbocycles. The molecule has 0 bridgehead atoms. The van der Waals surface area contributed by atoms with Crippen molar-refractivity contribution in [3.05, 3.63) is 24.0 Å². The van der Waals surface area contributed by atoms with E-state index in [2.05, 4.69) is 17.2 Å². The zero-order valence-corrected chi connectivity index (χ0v) is 10.6. The van der Waals surface area contributed by atoms with E-state index in [9.17, 15) is 0 Å². The van der Waals surface area contributed by atoms with Gasteiger partial charge < -0.3 is 10.1 Å². The molecule has 17 heavy (non-hydrogen) atoms. The highest BCUT2D eigenvalue weighted by molar-refractivity contribution is 5.29. The van der Waals surface area contributed by atoms with Gasteiger partial charge in [0.2, 0.25) is 0 Å². The Labute approximate surface area is 104 Å². The maximum atomic E-state index is 5.84. The zero-order chi connectivity index (χ0) is 11.9. The molecule has 1 fully saturated rings. The molecule has 0 amide bonds. The van der Waals surface area contributed by atoms with Crippen LogP contribution in [-0.4, -0.2) is 18.1 Å². The fourth-order valence-electron chi connectivity index (χ4n) is 1.83. The molecule has 1 aromatic rings. The molecule has 0 radical (unpaired) electrons. The van der Waals surface area contributed by atoms with E-state index in [0.717, 1.165) is 43.3 Å². The Hall–Kier alpha value is -1.09. The van der Waals surface area contributed by atoms with Crippen LogP contribution in [0.25, 0.3) is 0 Å². The van der Waals surface area contributed by atoms with Gasteiger partial charge in [0.25, 0.3) is 0 Å². The van der Waals surface area contributed by atoms with Gasteiger partial charge in [-0.2, -0.15) is 0 Å². The third kappa shape index (κ3) is 4.35. The Kier molecular flexibility index (Phi) is 4.80. The molecule has 0 unspecified atom stereocenters. The summed E-state index contributed by atoms with van der Waals surface area (Å²) in [6, 6.07) is 1.97. The van der Waals surface area contributed by atoms with Crippen LogP contribution < -0.4 is 10.1 Å². The highest BCUT2D eigenvalue weighted by atomic mass is 16.5. The first-order valence-electron chi connectivity index (χ1n) is 6.66. The van der Waals surface area contributed by atoms with Crippen molar-refractivity contribution in [3.63, 3.8) is 0 Å². The molecule has 3 nitrogen and oxygen atoms in total. The molecule has 1 N–H and O–H groups in total. The Morgan fingerprint density at radius 1 is 1.47 bits per heavy atom. The smallest absolute Gasteiger partial charge is 0.126 e. The van der Waals surface area contributed by atoms with Crippen molar-refractivity contribution in [1.29, 1.82) is 0 Å². The number of pyridine rings is 1. The molecule has 0 aliphatic heterocycles. The first kappa shape index (κ1) is 12.4. The average Bonchev–Trinajstić information content (AvgIpc) is 3.15. The molecular weight excluding hydrogens is 212 g/mol. The van der Waals surface area contributed by atoms with Crippen LogP contribution in [-0.2, 0) is 6.54 Å². The zero-order valence-electron chi connectivity index (χ0n) is 10.6. The van der Waals surface area contributed by atoms with Crippen molar-refractivity contribution in [1.82, 2.24) is 10.3 Å². The van der Waals surface area contributed by atoms with Crippen molar-refractivity contribution >= 4 is 0 Å². The van der Waals surface area contributed by atoms with Crippen LogP contribution in [0, 0.1) is 5.92 Å². The lowest BCUT2D eigenvalue weighted by atomic mass is 10.2. The number of rotatable bonds is 8. The van der Waals surface area contributed by atoms with E-state index < -0.39 is 0 Å². The molecule has 1 heterocycles. The van der Waals surface area contributed by atoms with Crippen molar-refractivity contribution in [2.24, 2.45) is 5.92 Å². The molecule has 0 saturated heterocycles. The largest absolute Gasteiger partial charge is 0.493 e. The third-order valence-electron chi connectivity index (χ3n) is 3.08. The van der Waals surface area contributed by atoms with Crippen LogP contribution in [0.4, 0.5) is 0 Å². The second-order valence-electron chi connectivity index (χ2n) is 4.74. The van der Waals surface area contributed by atoms with Gasteiger partial charge in [-0.15, -0.1) is 0 Å². The third-order valence-corrected chi connectivity index (χ3v) is 3.08. The predicted molar refractivity (Wildman–Crippen MR) is 69.1 cm³/mol. The summed E-state index contributed by atoms with van der Waals surface area (Å²) in [6.07, 6.45) is 8.84. The number of aromatic nitrogens is 1. The van der Waals surface area contributed by atoms with E-state index in [1.165, 1.54) is 19.3 Å². The van der Waals surface area contributed by atoms with Crippen LogP contribution in [0.3, 0.4) is 0 Å². The van der Waals surface area contributed by atoms with E-state index in [0.29, 0.717) is 0 Å². The fraction of sp³-hybridized carbons (Fsp3) is 0.643. The number of hydrogen-bond acceptors (Lipinski definition) is 3. The van der Waals surface area contributed by atoms with E-state index in [1.807, 2.05) is 12.3 Å². The van der Waals surface area contributed by atoms with E-state index >= 15 is 0 Å². The lowest BCUT2D eigenvalue weighted by molar-refractivity contribution is 0.298. The maximum absolute atomic E-state index is 5.84. The molecule has 3 heteroatoms. The second kappa shape index (κ2) is 6.60. The Bertz CT molecular complexity index is 337. The molecule has 1 aliphatic rings. The normalized spacial score (nSPS) is 14.9. The summed E-state index contributed by atoms with van der Waals surface area (Å²) in [5.74, 6) is 1.92. The summed E-state index contributed by atoms with van der Waals surface area (Å²) in [7, 11) is 0. The summed E-state index contributed by atoms with van der Waals surface area (Å²) in [5, 5.41) is 3.38. The summed E-state index contributed by atoms with van der Waals surface area (Å²) in [4.78, 5) is 4.16. The van der Waals surface area contributed by atoms with E-state index in [4.69, 9.17) is 4.74 Å². The first-order valence-corrected chi connectivity index (χ1v) is 6.66. The molecule has 2 rings (SSSR count). The van der Waals surface area contributed by atoms with Gasteiger partial charge in [-0.1, -0.05) is 19.8 Å². The molecule has 0 spiro atoms. The molecular formula is C14H22N2O. The Morgan fingerprint density at radius 3 is 3.12 bits per heavy atom. The van der Waals surface area contributed by atoms with Crippen LogP contribution in [0.1, 0.15) is 38.2 Å². The highest BCUT2D eigenvalue weighted by Crippen LogP contribution is 2.32. The van der Waals surface area contributed by atoms with Crippen LogP contribution >= 0.6 is 0 Å². The number of hydrogen-bond donors (Lipinski definition) is 1. The van der Waals surface area contributed by atoms with E-state index in [-0.39, 0.29) is 0 Å². The fourth-order valence-corrected chi connectivity index (χ4v) is 1.83. The van der Waals surface area contributed by atoms with Crippen LogP contribution in [0.5, 0.6) is 5.75 Å². The molecule has 94 valence electrons. The van der Waals surface area contributed by atoms with Crippen LogP contribution in [0.2, 0.25) is 0 Å². The summed E-state index contributed by atoms with van der Waals surface area (Å²) < 4.78 is 5.84. The maximum Gasteiger partial charge on any atom is 0.126 e. The second-order valence-corrected chi connectivity index (χ2v) is 4.74. The molecule has 1 aliphatic carbocycles. The lowest BCUT2D eigenvalue weighted by Crippen LogP contribution is -2.15. The van der Waals surface area contributed by atoms with E-state index in [1.54, 1.807) is 6.20 Å². The first-order chi connectivity index (χ1) is 8.40. The minimum Gasteiger partial charge on any atom is -0.493 e. The van der Waals surface area contributed by atoms with Crippen molar-refractivity contribution in [3.8, 4) is 5.75 Å². The Balaban J connectivity index is 1.80. The van der Waals surface area contributed by atoms with Gasteiger partial charge in [0.05, 0.1) is 6.61 Å². The van der Waals surface area contributed by atoms with Gasteiger partial charge in [-0.25, -0.2) is 0 Å². The van der Waals surface area contributed by atoms with Gasteiger partial charge >= 0.3 is 0 Å². The minimum atomic E-state index is 0.843. The lowest BCUT2D eigenvalue weighted by Gasteiger charge is -2.11. The van der Waals surface area contributed by atoms with Gasteiger partial charge in [0.1, 0.15) is 5.75 Å². The quantitative estimate of drug-likeness (QED) is 0.702. The molecule has 0 aromatic carbocycles. The summed E-state index contributed by atoms with van der Waals surface area (Å²) in [6.45, 7) is 4.90. The average molecular weight is 234 g/mol. The van der Waals surface area contributed by atoms with Gasteiger partial charge in [0, 0.05) is 24.5 Å². The monoisotopic (exact) mass is 234 g/mol. The summed E-state index contributed by atoms with van der Waals surface area (Å²) in [5.41, 5.74) is 1.16. The number of nitrogens with zero attached hydrogens (tertiary/aromatic N) is 1. The van der Waals surface area contributed by atoms with Gasteiger partial charge in [-0.05, 0) is 31.4 Å². The molecule has 0 atom stereocenters. The van der Waals surface area contributed by atoms with Crippen LogP contribution in [0.15, 0.2) is 18.5 Å². The molecule has 1 aromatic heterocycles.